The van der Waals surface area contributed by atoms with Crippen LogP contribution < -0.4 is 4.72 Å². The maximum absolute atomic E-state index is 13.4. The van der Waals surface area contributed by atoms with Crippen molar-refractivity contribution in [3.63, 3.8) is 0 Å². The predicted molar refractivity (Wildman–Crippen MR) is 154 cm³/mol. The first-order valence-electron chi connectivity index (χ1n) is 13.2. The summed E-state index contributed by atoms with van der Waals surface area (Å²) in [6, 6.07) is 14.4. The van der Waals surface area contributed by atoms with Crippen molar-refractivity contribution in [1.82, 2.24) is 13.9 Å². The summed E-state index contributed by atoms with van der Waals surface area (Å²) >= 11 is 6.02. The first-order valence-corrected chi connectivity index (χ1v) is 16.6. The number of halogens is 1. The third kappa shape index (κ3) is 6.38. The number of para-hydroxylation sites is 1. The van der Waals surface area contributed by atoms with Crippen LogP contribution >= 0.6 is 11.6 Å². The molecule has 1 atom stereocenters. The maximum atomic E-state index is 13.4. The van der Waals surface area contributed by atoms with Crippen LogP contribution in [0.1, 0.15) is 31.2 Å². The lowest BCUT2D eigenvalue weighted by Gasteiger charge is -2.41. The van der Waals surface area contributed by atoms with Crippen molar-refractivity contribution >= 4 is 54.0 Å². The van der Waals surface area contributed by atoms with Crippen LogP contribution in [0, 0.1) is 10.1 Å². The first kappa shape index (κ1) is 29.4. The molecule has 2 saturated heterocycles. The molecule has 2 heterocycles. The number of hydrogen-bond acceptors (Lipinski definition) is 7. The number of nitrogens with zero attached hydrogens (tertiary/aromatic N) is 3. The first-order chi connectivity index (χ1) is 19.4. The van der Waals surface area contributed by atoms with Crippen LogP contribution in [0.5, 0.6) is 0 Å². The molecule has 218 valence electrons. The smallest absolute Gasteiger partial charge is 0.273 e. The fourth-order valence-electron chi connectivity index (χ4n) is 5.52. The van der Waals surface area contributed by atoms with E-state index in [4.69, 9.17) is 11.6 Å². The number of nitrogens with one attached hydrogen (secondary N) is 1. The molecule has 0 saturated carbocycles. The Labute approximate surface area is 243 Å². The van der Waals surface area contributed by atoms with E-state index in [0.29, 0.717) is 42.6 Å². The molecule has 41 heavy (non-hydrogen) atoms. The van der Waals surface area contributed by atoms with Gasteiger partial charge in [0.1, 0.15) is 6.04 Å². The molecule has 5 rings (SSSR count). The Bertz CT molecular complexity index is 1710. The van der Waals surface area contributed by atoms with E-state index in [1.807, 2.05) is 0 Å². The van der Waals surface area contributed by atoms with E-state index < -0.39 is 36.8 Å². The van der Waals surface area contributed by atoms with Gasteiger partial charge in [-0.15, -0.1) is 0 Å². The summed E-state index contributed by atoms with van der Waals surface area (Å²) in [5, 5.41) is 13.4. The molecular formula is C27H29ClN4O7S2. The Morgan fingerprint density at radius 2 is 1.61 bits per heavy atom. The maximum Gasteiger partial charge on any atom is 0.273 e. The number of carbonyl (C=O) groups is 1. The van der Waals surface area contributed by atoms with Crippen LogP contribution in [0.2, 0.25) is 5.02 Å². The number of benzene rings is 3. The fraction of sp³-hybridized carbons (Fsp3) is 0.370. The molecule has 11 nitrogen and oxygen atoms in total. The summed E-state index contributed by atoms with van der Waals surface area (Å²) in [5.41, 5.74) is -0.123. The molecule has 2 fully saturated rings. The highest BCUT2D eigenvalue weighted by atomic mass is 35.5. The summed E-state index contributed by atoms with van der Waals surface area (Å²) < 4.78 is 56.4. The van der Waals surface area contributed by atoms with Crippen LogP contribution in [0.15, 0.2) is 65.6 Å². The van der Waals surface area contributed by atoms with Crippen molar-refractivity contribution in [2.24, 2.45) is 0 Å². The predicted octanol–water partition coefficient (Wildman–Crippen LogP) is 3.67. The molecule has 0 spiro atoms. The van der Waals surface area contributed by atoms with E-state index in [0.717, 1.165) is 5.39 Å². The second kappa shape index (κ2) is 11.6. The van der Waals surface area contributed by atoms with Crippen molar-refractivity contribution in [2.45, 2.75) is 48.4 Å². The molecule has 0 aromatic heterocycles. The van der Waals surface area contributed by atoms with E-state index in [1.54, 1.807) is 41.3 Å². The van der Waals surface area contributed by atoms with Gasteiger partial charge in [0.05, 0.1) is 15.6 Å². The SMILES string of the molecule is O=C1[C@@H](NS(=O)(=O)c2ccc3cc(Cl)ccc3c2)CCCN1C1CCN(S(=O)(=O)Cc2ccccc2[N+](=O)[O-])CC1. The summed E-state index contributed by atoms with van der Waals surface area (Å²) in [6.45, 7) is 0.783. The molecule has 0 aliphatic carbocycles. The van der Waals surface area contributed by atoms with Gasteiger partial charge in [-0.3, -0.25) is 14.9 Å². The fourth-order valence-corrected chi connectivity index (χ4v) is 8.55. The third-order valence-electron chi connectivity index (χ3n) is 7.64. The second-order valence-corrected chi connectivity index (χ2v) is 14.4. The van der Waals surface area contributed by atoms with Gasteiger partial charge in [0, 0.05) is 42.3 Å². The molecule has 0 bridgehead atoms. The Morgan fingerprint density at radius 3 is 2.34 bits per heavy atom. The summed E-state index contributed by atoms with van der Waals surface area (Å²) in [7, 11) is -7.80. The summed E-state index contributed by atoms with van der Waals surface area (Å²) in [6.07, 6.45) is 1.73. The minimum Gasteiger partial charge on any atom is -0.338 e. The molecule has 3 aromatic rings. The molecule has 1 amide bonds. The number of carbonyl (C=O) groups excluding carboxylic acids is 1. The number of nitro benzene ring substituents is 1. The lowest BCUT2D eigenvalue weighted by atomic mass is 9.98. The molecular weight excluding hydrogens is 592 g/mol. The molecule has 0 unspecified atom stereocenters. The number of amides is 1. The molecule has 3 aromatic carbocycles. The van der Waals surface area contributed by atoms with Crippen LogP contribution in [-0.2, 0) is 30.6 Å². The van der Waals surface area contributed by atoms with Gasteiger partial charge in [-0.1, -0.05) is 41.9 Å². The molecule has 1 N–H and O–H groups in total. The van der Waals surface area contributed by atoms with E-state index in [2.05, 4.69) is 4.72 Å². The number of rotatable bonds is 8. The second-order valence-electron chi connectivity index (χ2n) is 10.3. The average molecular weight is 621 g/mol. The zero-order chi connectivity index (χ0) is 29.4. The van der Waals surface area contributed by atoms with E-state index >= 15 is 0 Å². The molecule has 2 aliphatic heterocycles. The minimum atomic E-state index is -3.98. The van der Waals surface area contributed by atoms with Crippen molar-refractivity contribution in [2.75, 3.05) is 19.6 Å². The van der Waals surface area contributed by atoms with Gasteiger partial charge in [0.15, 0.2) is 0 Å². The van der Waals surface area contributed by atoms with E-state index in [1.165, 1.54) is 28.6 Å². The molecule has 14 heteroatoms. The monoisotopic (exact) mass is 620 g/mol. The largest absolute Gasteiger partial charge is 0.338 e. The average Bonchev–Trinajstić information content (AvgIpc) is 2.94. The lowest BCUT2D eigenvalue weighted by molar-refractivity contribution is -0.385. The summed E-state index contributed by atoms with van der Waals surface area (Å²) in [4.78, 5) is 25.8. The summed E-state index contributed by atoms with van der Waals surface area (Å²) in [5.74, 6) is -0.808. The number of fused-ring (bicyclic) bond motifs is 1. The van der Waals surface area contributed by atoms with Crippen molar-refractivity contribution < 1.29 is 26.6 Å². The van der Waals surface area contributed by atoms with Crippen LogP contribution in [0.3, 0.4) is 0 Å². The number of likely N-dealkylation sites (tertiary alicyclic amines) is 1. The number of piperidine rings is 2. The van der Waals surface area contributed by atoms with Gasteiger partial charge in [0.25, 0.3) is 5.69 Å². The highest BCUT2D eigenvalue weighted by Crippen LogP contribution is 2.28. The lowest BCUT2D eigenvalue weighted by Crippen LogP contribution is -2.57. The van der Waals surface area contributed by atoms with Crippen molar-refractivity contribution in [3.8, 4) is 0 Å². The van der Waals surface area contributed by atoms with Crippen LogP contribution in [-0.4, -0.2) is 68.6 Å². The zero-order valence-corrected chi connectivity index (χ0v) is 24.4. The van der Waals surface area contributed by atoms with E-state index in [-0.39, 0.29) is 41.2 Å². The minimum absolute atomic E-state index is 0.0504. The van der Waals surface area contributed by atoms with Gasteiger partial charge in [-0.05, 0) is 60.7 Å². The highest BCUT2D eigenvalue weighted by Gasteiger charge is 2.38. The van der Waals surface area contributed by atoms with Gasteiger partial charge in [-0.2, -0.15) is 4.72 Å². The Morgan fingerprint density at radius 1 is 0.927 bits per heavy atom. The number of nitro groups is 1. The van der Waals surface area contributed by atoms with Crippen LogP contribution in [0.4, 0.5) is 5.69 Å². The highest BCUT2D eigenvalue weighted by molar-refractivity contribution is 7.89. The van der Waals surface area contributed by atoms with Gasteiger partial charge in [-0.25, -0.2) is 21.1 Å². The van der Waals surface area contributed by atoms with Gasteiger partial charge in [0.2, 0.25) is 26.0 Å². The standard InChI is InChI=1S/C27H29ClN4O7S2/c28-22-9-7-20-17-24(10-8-19(20)16-22)41(38,39)29-25-5-3-13-31(27(25)33)23-11-14-30(15-12-23)40(36,37)18-21-4-1-2-6-26(21)32(34)35/h1-2,4,6-10,16-17,23,25,29H,3,5,11-15,18H2/t25-/m0/s1. The topological polar surface area (TPSA) is 147 Å². The number of hydrogen-bond donors (Lipinski definition) is 1. The quantitative estimate of drug-likeness (QED) is 0.298. The Hall–Kier alpha value is -3.10. The Balaban J connectivity index is 1.23. The Kier molecular flexibility index (Phi) is 8.35. The van der Waals surface area contributed by atoms with Gasteiger partial charge >= 0.3 is 0 Å². The van der Waals surface area contributed by atoms with Crippen molar-refractivity contribution in [1.29, 1.82) is 0 Å². The van der Waals surface area contributed by atoms with Gasteiger partial charge < -0.3 is 4.90 Å². The zero-order valence-electron chi connectivity index (χ0n) is 22.0. The molecule has 0 radical (unpaired) electrons. The third-order valence-corrected chi connectivity index (χ3v) is 11.2. The van der Waals surface area contributed by atoms with E-state index in [9.17, 15) is 31.7 Å². The number of sulfonamides is 2. The molecule has 2 aliphatic rings. The normalized spacial score (nSPS) is 19.5. The van der Waals surface area contributed by atoms with Crippen LogP contribution in [0.25, 0.3) is 10.8 Å². The van der Waals surface area contributed by atoms with Crippen molar-refractivity contribution in [3.05, 3.63) is 81.4 Å².